The van der Waals surface area contributed by atoms with E-state index in [1.54, 1.807) is 0 Å². The molecule has 0 atom stereocenters. The smallest absolute Gasteiger partial charge is 0.423 e. The molecule has 0 spiro atoms. The van der Waals surface area contributed by atoms with Gasteiger partial charge in [-0.3, -0.25) is 0 Å². The second kappa shape index (κ2) is 22.0. The van der Waals surface area contributed by atoms with E-state index in [9.17, 15) is 20.1 Å². The van der Waals surface area contributed by atoms with Crippen molar-refractivity contribution < 1.29 is 20.1 Å². The van der Waals surface area contributed by atoms with Crippen LogP contribution in [0.1, 0.15) is 153 Å². The molecule has 0 radical (unpaired) electrons. The van der Waals surface area contributed by atoms with E-state index in [0.29, 0.717) is 9.55 Å². The highest BCUT2D eigenvalue weighted by Gasteiger charge is 2.24. The molecule has 0 aliphatic heterocycles. The van der Waals surface area contributed by atoms with Crippen LogP contribution in [0, 0.1) is 0 Å². The molecule has 0 fully saturated rings. The van der Waals surface area contributed by atoms with E-state index in [1.165, 1.54) is 138 Å². The van der Waals surface area contributed by atoms with Crippen LogP contribution in [-0.4, -0.2) is 34.3 Å². The van der Waals surface area contributed by atoms with Crippen LogP contribution in [0.4, 0.5) is 0 Å². The lowest BCUT2D eigenvalue weighted by molar-refractivity contribution is 0.425. The molecule has 226 valence electrons. The summed E-state index contributed by atoms with van der Waals surface area (Å²) in [6.45, 7) is 4.52. The van der Waals surface area contributed by atoms with E-state index in [2.05, 4.69) is 13.8 Å². The average molecular weight is 591 g/mol. The van der Waals surface area contributed by atoms with Crippen LogP contribution in [0.2, 0.25) is 0 Å². The van der Waals surface area contributed by atoms with Gasteiger partial charge in [0.1, 0.15) is 0 Å². The Hall–Kier alpha value is -0.630. The van der Waals surface area contributed by atoms with Crippen molar-refractivity contribution >= 4 is 46.5 Å². The van der Waals surface area contributed by atoms with Crippen molar-refractivity contribution in [3.63, 3.8) is 0 Å². The standard InChI is InChI=1S/C32H56B2O4S2/c1-3-5-7-9-11-13-15-17-19-21-23-27-25-29(33(35)36)39-31(27)32-28(26-30(40-32)34(37)38)24-22-20-18-16-14-12-10-8-6-4-2/h25-26,35-38H,3-24H2,1-2H3. The first-order chi connectivity index (χ1) is 19.5. The molecular formula is C32H56B2O4S2. The van der Waals surface area contributed by atoms with Crippen molar-refractivity contribution in [2.24, 2.45) is 0 Å². The zero-order valence-corrected chi connectivity index (χ0v) is 27.1. The van der Waals surface area contributed by atoms with Crippen LogP contribution >= 0.6 is 22.7 Å². The first kappa shape index (κ1) is 35.6. The van der Waals surface area contributed by atoms with Gasteiger partial charge >= 0.3 is 14.2 Å². The summed E-state index contributed by atoms with van der Waals surface area (Å²) in [6.07, 6.45) is 27.7. The fourth-order valence-corrected chi connectivity index (χ4v) is 7.88. The van der Waals surface area contributed by atoms with Crippen molar-refractivity contribution in [1.29, 1.82) is 0 Å². The maximum absolute atomic E-state index is 9.91. The minimum absolute atomic E-state index is 0.571. The van der Waals surface area contributed by atoms with E-state index in [0.717, 1.165) is 46.6 Å². The van der Waals surface area contributed by atoms with Gasteiger partial charge in [-0.2, -0.15) is 0 Å². The summed E-state index contributed by atoms with van der Waals surface area (Å²) in [7, 11) is -2.95. The zero-order valence-electron chi connectivity index (χ0n) is 25.5. The lowest BCUT2D eigenvalue weighted by atomic mass is 9.87. The first-order valence-electron chi connectivity index (χ1n) is 16.5. The molecule has 0 bridgehead atoms. The zero-order chi connectivity index (χ0) is 29.0. The summed E-state index contributed by atoms with van der Waals surface area (Å²) >= 11 is 2.89. The molecule has 4 nitrogen and oxygen atoms in total. The normalized spacial score (nSPS) is 11.4. The van der Waals surface area contributed by atoms with E-state index < -0.39 is 14.2 Å². The van der Waals surface area contributed by atoms with E-state index in [-0.39, 0.29) is 0 Å². The van der Waals surface area contributed by atoms with Gasteiger partial charge in [-0.1, -0.05) is 129 Å². The molecule has 4 N–H and O–H groups in total. The van der Waals surface area contributed by atoms with Crippen molar-refractivity contribution in [3.05, 3.63) is 23.3 Å². The predicted octanol–water partition coefficient (Wildman–Crippen LogP) is 7.76. The second-order valence-electron chi connectivity index (χ2n) is 11.6. The largest absolute Gasteiger partial charge is 0.499 e. The fourth-order valence-electron chi connectivity index (χ4n) is 5.52. The van der Waals surface area contributed by atoms with Gasteiger partial charge in [-0.05, 0) is 48.9 Å². The summed E-state index contributed by atoms with van der Waals surface area (Å²) in [5.41, 5.74) is 2.33. The van der Waals surface area contributed by atoms with E-state index >= 15 is 0 Å². The number of hydrogen-bond acceptors (Lipinski definition) is 6. The van der Waals surface area contributed by atoms with Crippen molar-refractivity contribution in [2.75, 3.05) is 0 Å². The third-order valence-corrected chi connectivity index (χ3v) is 10.6. The topological polar surface area (TPSA) is 80.9 Å². The van der Waals surface area contributed by atoms with Crippen LogP contribution in [-0.2, 0) is 12.8 Å². The molecule has 0 saturated heterocycles. The number of hydrogen-bond donors (Lipinski definition) is 4. The SMILES string of the molecule is CCCCCCCCCCCCc1cc(B(O)O)sc1-c1sc(B(O)O)cc1CCCCCCCCCCCC. The quantitative estimate of drug-likeness (QED) is 0.0704. The van der Waals surface area contributed by atoms with Gasteiger partial charge in [0.05, 0.1) is 0 Å². The summed E-state index contributed by atoms with van der Waals surface area (Å²) < 4.78 is 1.14. The molecule has 0 amide bonds. The minimum Gasteiger partial charge on any atom is -0.423 e. The van der Waals surface area contributed by atoms with Crippen LogP contribution < -0.4 is 9.55 Å². The van der Waals surface area contributed by atoms with Gasteiger partial charge in [-0.25, -0.2) is 0 Å². The van der Waals surface area contributed by atoms with Crippen molar-refractivity contribution in [1.82, 2.24) is 0 Å². The highest BCUT2D eigenvalue weighted by Crippen LogP contribution is 2.37. The van der Waals surface area contributed by atoms with Crippen LogP contribution in [0.15, 0.2) is 12.1 Å². The molecule has 2 heterocycles. The highest BCUT2D eigenvalue weighted by atomic mass is 32.1. The van der Waals surface area contributed by atoms with Gasteiger partial charge in [-0.15, -0.1) is 22.7 Å². The van der Waals surface area contributed by atoms with Crippen molar-refractivity contribution in [2.45, 2.75) is 155 Å². The molecule has 2 aromatic rings. The molecule has 0 aliphatic carbocycles. The molecular weight excluding hydrogens is 534 g/mol. The van der Waals surface area contributed by atoms with Crippen LogP contribution in [0.3, 0.4) is 0 Å². The molecule has 2 aromatic heterocycles. The maximum Gasteiger partial charge on any atom is 0.499 e. The summed E-state index contributed by atoms with van der Waals surface area (Å²) in [4.78, 5) is 2.16. The average Bonchev–Trinajstić information content (AvgIpc) is 3.55. The Labute approximate surface area is 253 Å². The highest BCUT2D eigenvalue weighted by molar-refractivity contribution is 7.30. The summed E-state index contributed by atoms with van der Waals surface area (Å²) in [5, 5.41) is 39.6. The van der Waals surface area contributed by atoms with Gasteiger partial charge in [0, 0.05) is 19.3 Å². The number of aryl methyl sites for hydroxylation is 2. The monoisotopic (exact) mass is 590 g/mol. The Kier molecular flexibility index (Phi) is 19.5. The molecule has 0 aromatic carbocycles. The lowest BCUT2D eigenvalue weighted by Crippen LogP contribution is -2.26. The first-order valence-corrected chi connectivity index (χ1v) is 18.1. The number of unbranched alkanes of at least 4 members (excludes halogenated alkanes) is 18. The van der Waals surface area contributed by atoms with E-state index in [4.69, 9.17) is 0 Å². The number of thiophene rings is 2. The lowest BCUT2D eigenvalue weighted by Gasteiger charge is -2.07. The Morgan fingerprint density at radius 3 is 1.00 bits per heavy atom. The third-order valence-electron chi connectivity index (χ3n) is 7.97. The summed E-state index contributed by atoms with van der Waals surface area (Å²) in [6, 6.07) is 3.91. The fraction of sp³-hybridized carbons (Fsp3) is 0.750. The molecule has 8 heteroatoms. The maximum atomic E-state index is 9.91. The van der Waals surface area contributed by atoms with Gasteiger partial charge in [0.25, 0.3) is 0 Å². The molecule has 0 unspecified atom stereocenters. The second-order valence-corrected chi connectivity index (χ2v) is 13.8. The molecule has 2 rings (SSSR count). The number of rotatable bonds is 25. The predicted molar refractivity (Wildman–Crippen MR) is 178 cm³/mol. The molecule has 0 aliphatic rings. The van der Waals surface area contributed by atoms with Gasteiger partial charge in [0.2, 0.25) is 0 Å². The molecule has 40 heavy (non-hydrogen) atoms. The Bertz CT molecular complexity index is 825. The Morgan fingerprint density at radius 2 is 0.725 bits per heavy atom. The molecule has 0 saturated carbocycles. The minimum atomic E-state index is -1.47. The Morgan fingerprint density at radius 1 is 0.450 bits per heavy atom. The Balaban J connectivity index is 1.90. The van der Waals surface area contributed by atoms with E-state index in [1.807, 2.05) is 12.1 Å². The van der Waals surface area contributed by atoms with Gasteiger partial charge in [0.15, 0.2) is 0 Å². The van der Waals surface area contributed by atoms with Crippen LogP contribution in [0.25, 0.3) is 9.75 Å². The third kappa shape index (κ3) is 14.0. The van der Waals surface area contributed by atoms with Crippen LogP contribution in [0.5, 0.6) is 0 Å². The van der Waals surface area contributed by atoms with Crippen molar-refractivity contribution in [3.8, 4) is 9.75 Å². The van der Waals surface area contributed by atoms with Gasteiger partial charge < -0.3 is 20.1 Å². The summed E-state index contributed by atoms with van der Waals surface area (Å²) in [5.74, 6) is 0.